The third-order valence-electron chi connectivity index (χ3n) is 5.04. The molecule has 0 fully saturated rings. The third kappa shape index (κ3) is 3.47. The summed E-state index contributed by atoms with van der Waals surface area (Å²) >= 11 is 0. The zero-order valence-corrected chi connectivity index (χ0v) is 16.4. The average molecular weight is 352 g/mol. The first kappa shape index (κ1) is 18.0. The summed E-state index contributed by atoms with van der Waals surface area (Å²) in [7, 11) is -1.15. The number of allylic oxidation sites excluding steroid dienone is 2. The first-order valence-electron chi connectivity index (χ1n) is 9.32. The third-order valence-corrected chi connectivity index (χ3v) is 9.17. The molecule has 1 nitrogen and oxygen atoms in total. The average Bonchev–Trinajstić information content (AvgIpc) is 3.11. The van der Waals surface area contributed by atoms with E-state index in [1.54, 1.807) is 0 Å². The van der Waals surface area contributed by atoms with E-state index in [-0.39, 0.29) is 0 Å². The maximum Gasteiger partial charge on any atom is 0.0325 e. The van der Waals surface area contributed by atoms with Crippen LogP contribution in [0.15, 0.2) is 77.6 Å². The van der Waals surface area contributed by atoms with E-state index < -0.39 is 10.2 Å². The van der Waals surface area contributed by atoms with Crippen LogP contribution >= 0.6 is 10.2 Å². The standard InChI is InChI=1S/C23H29NS/c1-4-23(21-15-11-8-12-16-21)25(24(5-2)6-3)18-17-22(19-25)20-13-9-7-10-14-20/h7-19,23H,4-6H2,1-3H3. The number of hydrogen-bond donors (Lipinski definition) is 0. The van der Waals surface area contributed by atoms with Crippen LogP contribution in [0.2, 0.25) is 0 Å². The number of rotatable bonds is 7. The first-order valence-corrected chi connectivity index (χ1v) is 11.1. The van der Waals surface area contributed by atoms with Gasteiger partial charge in [0.2, 0.25) is 0 Å². The van der Waals surface area contributed by atoms with Crippen molar-refractivity contribution in [1.82, 2.24) is 4.31 Å². The molecule has 2 atom stereocenters. The Morgan fingerprint density at radius 3 is 2.00 bits per heavy atom. The summed E-state index contributed by atoms with van der Waals surface area (Å²) < 4.78 is 2.68. The van der Waals surface area contributed by atoms with E-state index in [0.717, 1.165) is 19.5 Å². The van der Waals surface area contributed by atoms with Crippen molar-refractivity contribution >= 4 is 15.8 Å². The van der Waals surface area contributed by atoms with Gasteiger partial charge in [-0.1, -0.05) is 81.4 Å². The van der Waals surface area contributed by atoms with Gasteiger partial charge in [0.15, 0.2) is 0 Å². The van der Waals surface area contributed by atoms with Gasteiger partial charge < -0.3 is 0 Å². The van der Waals surface area contributed by atoms with Crippen LogP contribution in [0.1, 0.15) is 43.6 Å². The quantitative estimate of drug-likeness (QED) is 0.532. The number of benzene rings is 2. The normalized spacial score (nSPS) is 23.3. The van der Waals surface area contributed by atoms with E-state index in [1.807, 2.05) is 0 Å². The summed E-state index contributed by atoms with van der Waals surface area (Å²) in [4.78, 5) is 0. The minimum absolute atomic E-state index is 0.533. The van der Waals surface area contributed by atoms with Crippen molar-refractivity contribution in [2.75, 3.05) is 13.1 Å². The Morgan fingerprint density at radius 1 is 0.840 bits per heavy atom. The molecule has 1 heterocycles. The van der Waals surface area contributed by atoms with Crippen molar-refractivity contribution in [2.45, 2.75) is 32.4 Å². The summed E-state index contributed by atoms with van der Waals surface area (Å²) in [5, 5.41) is 5.63. The fourth-order valence-electron chi connectivity index (χ4n) is 3.84. The van der Waals surface area contributed by atoms with Gasteiger partial charge in [0, 0.05) is 18.3 Å². The van der Waals surface area contributed by atoms with E-state index in [0.29, 0.717) is 5.25 Å². The minimum Gasteiger partial charge on any atom is -0.261 e. The number of hydrogen-bond acceptors (Lipinski definition) is 1. The van der Waals surface area contributed by atoms with Crippen molar-refractivity contribution < 1.29 is 0 Å². The Bertz CT molecular complexity index is 731. The zero-order valence-electron chi connectivity index (χ0n) is 15.6. The molecule has 25 heavy (non-hydrogen) atoms. The lowest BCUT2D eigenvalue weighted by Gasteiger charge is -2.48. The lowest BCUT2D eigenvalue weighted by Crippen LogP contribution is -2.28. The Labute approximate surface area is 154 Å². The lowest BCUT2D eigenvalue weighted by atomic mass is 10.1. The molecule has 2 aromatic carbocycles. The van der Waals surface area contributed by atoms with Gasteiger partial charge in [-0.2, -0.15) is 0 Å². The van der Waals surface area contributed by atoms with Crippen molar-refractivity contribution in [2.24, 2.45) is 0 Å². The van der Waals surface area contributed by atoms with E-state index in [1.165, 1.54) is 16.7 Å². The summed E-state index contributed by atoms with van der Waals surface area (Å²) in [5.74, 6) is 0. The lowest BCUT2D eigenvalue weighted by molar-refractivity contribution is 0.508. The fraction of sp³-hybridized carbons (Fsp3) is 0.304. The molecule has 0 spiro atoms. The minimum atomic E-state index is -1.15. The van der Waals surface area contributed by atoms with Gasteiger partial charge in [0.05, 0.1) is 0 Å². The van der Waals surface area contributed by atoms with Gasteiger partial charge >= 0.3 is 0 Å². The largest absolute Gasteiger partial charge is 0.261 e. The van der Waals surface area contributed by atoms with Crippen molar-refractivity contribution in [1.29, 1.82) is 0 Å². The Morgan fingerprint density at radius 2 is 1.44 bits per heavy atom. The van der Waals surface area contributed by atoms with E-state index in [2.05, 4.69) is 103 Å². The van der Waals surface area contributed by atoms with Crippen LogP contribution in [0.3, 0.4) is 0 Å². The van der Waals surface area contributed by atoms with Gasteiger partial charge in [-0.25, -0.2) is 0 Å². The van der Waals surface area contributed by atoms with Gasteiger partial charge in [0.25, 0.3) is 0 Å². The monoisotopic (exact) mass is 351 g/mol. The molecule has 0 radical (unpaired) electrons. The second kappa shape index (κ2) is 8.07. The summed E-state index contributed by atoms with van der Waals surface area (Å²) in [6.07, 6.45) is 3.51. The maximum absolute atomic E-state index is 2.68. The first-order chi connectivity index (χ1) is 12.2. The van der Waals surface area contributed by atoms with Crippen LogP contribution < -0.4 is 0 Å². The maximum atomic E-state index is 2.68. The van der Waals surface area contributed by atoms with Crippen LogP contribution in [0, 0.1) is 0 Å². The van der Waals surface area contributed by atoms with Gasteiger partial charge in [-0.15, -0.1) is 10.2 Å². The predicted molar refractivity (Wildman–Crippen MR) is 114 cm³/mol. The molecule has 2 aromatic rings. The molecule has 0 bridgehead atoms. The highest BCUT2D eigenvalue weighted by Gasteiger charge is 2.36. The molecule has 0 amide bonds. The summed E-state index contributed by atoms with van der Waals surface area (Å²) in [6.45, 7) is 9.07. The van der Waals surface area contributed by atoms with Crippen LogP contribution in [0.5, 0.6) is 0 Å². The molecule has 0 aromatic heterocycles. The Hall–Kier alpha value is -1.77. The molecule has 0 saturated heterocycles. The number of nitrogens with zero attached hydrogens (tertiary/aromatic N) is 1. The van der Waals surface area contributed by atoms with E-state index in [9.17, 15) is 0 Å². The molecule has 0 aliphatic carbocycles. The molecular formula is C23H29NS. The Kier molecular flexibility index (Phi) is 5.82. The van der Waals surface area contributed by atoms with E-state index in [4.69, 9.17) is 0 Å². The van der Waals surface area contributed by atoms with Gasteiger partial charge in [0.1, 0.15) is 0 Å². The Balaban J connectivity index is 2.10. The SMILES string of the molecule is CCC(c1ccccc1)S1(N(CC)CC)C=CC(c2ccccc2)=C1. The molecule has 2 heteroatoms. The van der Waals surface area contributed by atoms with Crippen LogP contribution in [0.4, 0.5) is 0 Å². The second-order valence-corrected chi connectivity index (χ2v) is 9.43. The van der Waals surface area contributed by atoms with Crippen LogP contribution in [0.25, 0.3) is 5.57 Å². The molecular weight excluding hydrogens is 322 g/mol. The molecule has 0 N–H and O–H groups in total. The van der Waals surface area contributed by atoms with Crippen molar-refractivity contribution in [3.63, 3.8) is 0 Å². The van der Waals surface area contributed by atoms with Gasteiger partial charge in [-0.3, -0.25) is 4.31 Å². The highest BCUT2D eigenvalue weighted by Crippen LogP contribution is 2.69. The smallest absolute Gasteiger partial charge is 0.0325 e. The van der Waals surface area contributed by atoms with Gasteiger partial charge in [-0.05, 0) is 40.0 Å². The highest BCUT2D eigenvalue weighted by molar-refractivity contribution is 8.37. The molecule has 1 aliphatic rings. The molecule has 132 valence electrons. The molecule has 3 rings (SSSR count). The predicted octanol–water partition coefficient (Wildman–Crippen LogP) is 6.77. The second-order valence-electron chi connectivity index (χ2n) is 6.39. The van der Waals surface area contributed by atoms with Crippen molar-refractivity contribution in [3.05, 3.63) is 88.7 Å². The molecule has 1 aliphatic heterocycles. The molecule has 0 saturated carbocycles. The zero-order chi connectivity index (χ0) is 17.7. The molecule has 2 unspecified atom stereocenters. The summed E-state index contributed by atoms with van der Waals surface area (Å²) in [6, 6.07) is 21.9. The summed E-state index contributed by atoms with van der Waals surface area (Å²) in [5.41, 5.74) is 4.15. The van der Waals surface area contributed by atoms with Crippen LogP contribution in [-0.4, -0.2) is 17.4 Å². The highest BCUT2D eigenvalue weighted by atomic mass is 32.3. The van der Waals surface area contributed by atoms with E-state index >= 15 is 0 Å². The topological polar surface area (TPSA) is 3.24 Å². The fourth-order valence-corrected chi connectivity index (χ4v) is 7.96. The van der Waals surface area contributed by atoms with Crippen molar-refractivity contribution in [3.8, 4) is 0 Å². The van der Waals surface area contributed by atoms with Crippen LogP contribution in [-0.2, 0) is 0 Å².